The Morgan fingerprint density at radius 2 is 2.25 bits per heavy atom. The molecule has 4 nitrogen and oxygen atoms in total. The minimum absolute atomic E-state index is 0.149. The molecule has 134 valence electrons. The topological polar surface area (TPSA) is 41.6 Å². The van der Waals surface area contributed by atoms with Crippen molar-refractivity contribution in [3.05, 3.63) is 29.3 Å². The molecule has 0 aromatic heterocycles. The highest BCUT2D eigenvalue weighted by Gasteiger charge is 2.15. The molecule has 1 atom stereocenters. The third kappa shape index (κ3) is 6.16. The predicted octanol–water partition coefficient (Wildman–Crippen LogP) is 3.17. The normalized spacial score (nSPS) is 18.4. The quantitative estimate of drug-likeness (QED) is 0.744. The molecule has 0 bridgehead atoms. The molecule has 1 aromatic carbocycles. The minimum atomic E-state index is 0.149. The summed E-state index contributed by atoms with van der Waals surface area (Å²) in [5.41, 5.74) is 2.30. The van der Waals surface area contributed by atoms with Crippen molar-refractivity contribution in [2.24, 2.45) is 5.92 Å². The van der Waals surface area contributed by atoms with E-state index in [9.17, 15) is 4.79 Å². The van der Waals surface area contributed by atoms with Crippen LogP contribution >= 0.6 is 0 Å². The Labute approximate surface area is 146 Å². The van der Waals surface area contributed by atoms with E-state index in [2.05, 4.69) is 23.2 Å². The molecule has 0 saturated carbocycles. The third-order valence-electron chi connectivity index (χ3n) is 4.81. The largest absolute Gasteiger partial charge is 0.496 e. The van der Waals surface area contributed by atoms with E-state index in [0.29, 0.717) is 6.42 Å². The van der Waals surface area contributed by atoms with Crippen LogP contribution in [0.2, 0.25) is 0 Å². The van der Waals surface area contributed by atoms with E-state index < -0.39 is 0 Å². The van der Waals surface area contributed by atoms with E-state index in [-0.39, 0.29) is 5.91 Å². The van der Waals surface area contributed by atoms with Crippen LogP contribution in [0, 0.1) is 12.8 Å². The molecule has 1 fully saturated rings. The van der Waals surface area contributed by atoms with Gasteiger partial charge in [-0.25, -0.2) is 0 Å². The lowest BCUT2D eigenvalue weighted by molar-refractivity contribution is -0.121. The molecule has 0 unspecified atom stereocenters. The second kappa shape index (κ2) is 9.67. The maximum absolute atomic E-state index is 12.0. The van der Waals surface area contributed by atoms with Crippen molar-refractivity contribution in [2.45, 2.75) is 46.0 Å². The average Bonchev–Trinajstić information content (AvgIpc) is 2.57. The number of ether oxygens (including phenoxy) is 1. The fourth-order valence-corrected chi connectivity index (χ4v) is 3.46. The van der Waals surface area contributed by atoms with Gasteiger partial charge in [0.05, 0.1) is 7.11 Å². The van der Waals surface area contributed by atoms with Gasteiger partial charge in [-0.15, -0.1) is 0 Å². The molecular formula is C20H32N2O2. The fourth-order valence-electron chi connectivity index (χ4n) is 3.46. The van der Waals surface area contributed by atoms with Crippen molar-refractivity contribution in [3.8, 4) is 5.75 Å². The number of nitrogens with zero attached hydrogens (tertiary/aromatic N) is 1. The van der Waals surface area contributed by atoms with E-state index in [1.807, 2.05) is 19.1 Å². The Bertz CT molecular complexity index is 530. The molecule has 1 aliphatic heterocycles. The number of benzene rings is 1. The molecule has 1 N–H and O–H groups in total. The van der Waals surface area contributed by atoms with Crippen molar-refractivity contribution in [1.82, 2.24) is 10.2 Å². The van der Waals surface area contributed by atoms with Crippen molar-refractivity contribution in [1.29, 1.82) is 0 Å². The van der Waals surface area contributed by atoms with Gasteiger partial charge in [-0.2, -0.15) is 0 Å². The smallest absolute Gasteiger partial charge is 0.220 e. The first-order chi connectivity index (χ1) is 11.6. The van der Waals surface area contributed by atoms with Gasteiger partial charge in [-0.1, -0.05) is 19.1 Å². The number of aryl methyl sites for hydroxylation is 2. The van der Waals surface area contributed by atoms with Gasteiger partial charge >= 0.3 is 0 Å². The van der Waals surface area contributed by atoms with Gasteiger partial charge in [0.2, 0.25) is 5.91 Å². The minimum Gasteiger partial charge on any atom is -0.496 e. The van der Waals surface area contributed by atoms with E-state index in [1.165, 1.54) is 31.5 Å². The van der Waals surface area contributed by atoms with Crippen LogP contribution < -0.4 is 10.1 Å². The molecule has 1 aromatic rings. The lowest BCUT2D eigenvalue weighted by atomic mass is 10.0. The summed E-state index contributed by atoms with van der Waals surface area (Å²) >= 11 is 0. The lowest BCUT2D eigenvalue weighted by Gasteiger charge is -2.30. The van der Waals surface area contributed by atoms with Crippen molar-refractivity contribution in [3.63, 3.8) is 0 Å². The molecule has 1 saturated heterocycles. The molecule has 24 heavy (non-hydrogen) atoms. The molecule has 1 heterocycles. The summed E-state index contributed by atoms with van der Waals surface area (Å²) in [5.74, 6) is 1.87. The van der Waals surface area contributed by atoms with Crippen LogP contribution in [0.15, 0.2) is 18.2 Å². The molecule has 2 rings (SSSR count). The highest BCUT2D eigenvalue weighted by Crippen LogP contribution is 2.19. The zero-order valence-corrected chi connectivity index (χ0v) is 15.4. The maximum atomic E-state index is 12.0. The number of piperidine rings is 1. The first-order valence-electron chi connectivity index (χ1n) is 9.21. The standard InChI is InChI=1S/C20H32N2O2/c1-16-6-4-12-22(15-16)13-5-11-21-20(23)10-8-18-7-9-19(24-3)17(2)14-18/h7,9,14,16H,4-6,8,10-13,15H2,1-3H3,(H,21,23)/t16-/m1/s1. The summed E-state index contributed by atoms with van der Waals surface area (Å²) in [7, 11) is 1.68. The lowest BCUT2D eigenvalue weighted by Crippen LogP contribution is -2.36. The van der Waals surface area contributed by atoms with Crippen LogP contribution in [-0.2, 0) is 11.2 Å². The van der Waals surface area contributed by atoms with Gasteiger partial charge in [0, 0.05) is 19.5 Å². The van der Waals surface area contributed by atoms with Crippen LogP contribution in [-0.4, -0.2) is 44.1 Å². The summed E-state index contributed by atoms with van der Waals surface area (Å²) < 4.78 is 5.26. The predicted molar refractivity (Wildman–Crippen MR) is 98.5 cm³/mol. The van der Waals surface area contributed by atoms with Crippen molar-refractivity contribution in [2.75, 3.05) is 33.3 Å². The van der Waals surface area contributed by atoms with Crippen LogP contribution in [0.3, 0.4) is 0 Å². The third-order valence-corrected chi connectivity index (χ3v) is 4.81. The summed E-state index contributed by atoms with van der Waals surface area (Å²) in [5, 5.41) is 3.05. The van der Waals surface area contributed by atoms with E-state index in [0.717, 1.165) is 43.2 Å². The number of hydrogen-bond acceptors (Lipinski definition) is 3. The van der Waals surface area contributed by atoms with Crippen LogP contribution in [0.5, 0.6) is 5.75 Å². The Morgan fingerprint density at radius 1 is 1.42 bits per heavy atom. The number of nitrogens with one attached hydrogen (secondary N) is 1. The Balaban J connectivity index is 1.60. The zero-order chi connectivity index (χ0) is 17.4. The number of amides is 1. The molecule has 0 radical (unpaired) electrons. The number of likely N-dealkylation sites (tertiary alicyclic amines) is 1. The Morgan fingerprint density at radius 3 is 2.96 bits per heavy atom. The van der Waals surface area contributed by atoms with Crippen LogP contribution in [0.25, 0.3) is 0 Å². The number of carbonyl (C=O) groups excluding carboxylic acids is 1. The molecule has 0 aliphatic carbocycles. The number of methoxy groups -OCH3 is 1. The molecular weight excluding hydrogens is 300 g/mol. The van der Waals surface area contributed by atoms with Gasteiger partial charge in [0.15, 0.2) is 0 Å². The number of hydrogen-bond donors (Lipinski definition) is 1. The van der Waals surface area contributed by atoms with E-state index in [1.54, 1.807) is 7.11 Å². The second-order valence-corrected chi connectivity index (χ2v) is 7.06. The Hall–Kier alpha value is -1.55. The van der Waals surface area contributed by atoms with Crippen LogP contribution in [0.1, 0.15) is 43.7 Å². The van der Waals surface area contributed by atoms with Gasteiger partial charge in [0.1, 0.15) is 5.75 Å². The first kappa shape index (κ1) is 18.8. The number of rotatable bonds is 8. The summed E-state index contributed by atoms with van der Waals surface area (Å²) in [6.45, 7) is 8.67. The first-order valence-corrected chi connectivity index (χ1v) is 9.21. The fraction of sp³-hybridized carbons (Fsp3) is 0.650. The van der Waals surface area contributed by atoms with Crippen molar-refractivity contribution < 1.29 is 9.53 Å². The van der Waals surface area contributed by atoms with Gasteiger partial charge in [-0.05, 0) is 68.8 Å². The van der Waals surface area contributed by atoms with Gasteiger partial charge in [-0.3, -0.25) is 4.79 Å². The highest BCUT2D eigenvalue weighted by atomic mass is 16.5. The highest BCUT2D eigenvalue weighted by molar-refractivity contribution is 5.76. The average molecular weight is 332 g/mol. The second-order valence-electron chi connectivity index (χ2n) is 7.06. The molecule has 1 amide bonds. The zero-order valence-electron chi connectivity index (χ0n) is 15.4. The van der Waals surface area contributed by atoms with E-state index in [4.69, 9.17) is 4.74 Å². The monoisotopic (exact) mass is 332 g/mol. The summed E-state index contributed by atoms with van der Waals surface area (Å²) in [6.07, 6.45) is 5.04. The van der Waals surface area contributed by atoms with E-state index >= 15 is 0 Å². The van der Waals surface area contributed by atoms with Gasteiger partial charge < -0.3 is 15.0 Å². The number of carbonyl (C=O) groups is 1. The molecule has 1 aliphatic rings. The molecule has 0 spiro atoms. The summed E-state index contributed by atoms with van der Waals surface area (Å²) in [4.78, 5) is 14.5. The Kier molecular flexibility index (Phi) is 7.57. The van der Waals surface area contributed by atoms with Gasteiger partial charge in [0.25, 0.3) is 0 Å². The molecule has 4 heteroatoms. The maximum Gasteiger partial charge on any atom is 0.220 e. The summed E-state index contributed by atoms with van der Waals surface area (Å²) in [6, 6.07) is 6.11. The SMILES string of the molecule is COc1ccc(CCC(=O)NCCCN2CCC[C@@H](C)C2)cc1C. The van der Waals surface area contributed by atoms with Crippen molar-refractivity contribution >= 4 is 5.91 Å². The van der Waals surface area contributed by atoms with Crippen LogP contribution in [0.4, 0.5) is 0 Å².